The van der Waals surface area contributed by atoms with Crippen molar-refractivity contribution in [2.75, 3.05) is 25.1 Å². The number of para-hydroxylation sites is 1. The fraction of sp³-hybridized carbons (Fsp3) is 0.381. The van der Waals surface area contributed by atoms with Crippen molar-refractivity contribution in [2.45, 2.75) is 32.2 Å². The summed E-state index contributed by atoms with van der Waals surface area (Å²) in [5.74, 6) is 0.481. The smallest absolute Gasteiger partial charge is 0.224 e. The van der Waals surface area contributed by atoms with Crippen molar-refractivity contribution >= 4 is 11.6 Å². The molecule has 1 amide bonds. The van der Waals surface area contributed by atoms with Crippen LogP contribution in [-0.4, -0.2) is 37.3 Å². The maximum absolute atomic E-state index is 12.3. The summed E-state index contributed by atoms with van der Waals surface area (Å²) in [6.45, 7) is 4.03. The molecule has 1 aliphatic rings. The molecular weight excluding hydrogens is 328 g/mol. The average molecular weight is 354 g/mol. The minimum absolute atomic E-state index is 0.00656. The summed E-state index contributed by atoms with van der Waals surface area (Å²) in [5.41, 5.74) is 3.40. The van der Waals surface area contributed by atoms with Crippen molar-refractivity contribution in [1.82, 2.24) is 5.32 Å². The van der Waals surface area contributed by atoms with Gasteiger partial charge in [0.1, 0.15) is 0 Å². The van der Waals surface area contributed by atoms with Gasteiger partial charge in [0.05, 0.1) is 13.5 Å². The third kappa shape index (κ3) is 4.28. The number of aryl methyl sites for hydroxylation is 1. The number of aromatic hydroxyl groups is 1. The van der Waals surface area contributed by atoms with E-state index in [1.54, 1.807) is 18.2 Å². The first-order valence-corrected chi connectivity index (χ1v) is 9.02. The molecule has 0 unspecified atom stereocenters. The minimum atomic E-state index is 0.00656. The summed E-state index contributed by atoms with van der Waals surface area (Å²) >= 11 is 0. The monoisotopic (exact) mass is 354 g/mol. The van der Waals surface area contributed by atoms with Crippen molar-refractivity contribution in [1.29, 1.82) is 0 Å². The highest BCUT2D eigenvalue weighted by Gasteiger charge is 2.21. The molecule has 0 aromatic heterocycles. The van der Waals surface area contributed by atoms with E-state index in [1.165, 1.54) is 18.4 Å². The molecule has 2 aromatic rings. The van der Waals surface area contributed by atoms with Crippen LogP contribution in [0.25, 0.3) is 0 Å². The highest BCUT2D eigenvalue weighted by molar-refractivity contribution is 5.79. The van der Waals surface area contributed by atoms with E-state index >= 15 is 0 Å². The lowest BCUT2D eigenvalue weighted by Gasteiger charge is -2.34. The number of piperidine rings is 1. The van der Waals surface area contributed by atoms with Crippen LogP contribution in [0.4, 0.5) is 5.69 Å². The number of carbonyl (C=O) groups excluding carboxylic acids is 1. The van der Waals surface area contributed by atoms with Gasteiger partial charge >= 0.3 is 0 Å². The number of hydrogen-bond donors (Lipinski definition) is 2. The van der Waals surface area contributed by atoms with Gasteiger partial charge in [0.25, 0.3) is 0 Å². The third-order valence-electron chi connectivity index (χ3n) is 4.93. The van der Waals surface area contributed by atoms with Crippen LogP contribution in [0.1, 0.15) is 24.0 Å². The van der Waals surface area contributed by atoms with Gasteiger partial charge in [0.2, 0.25) is 5.91 Å². The zero-order valence-corrected chi connectivity index (χ0v) is 15.4. The second kappa shape index (κ2) is 8.13. The van der Waals surface area contributed by atoms with Crippen molar-refractivity contribution in [3.63, 3.8) is 0 Å². The second-order valence-electron chi connectivity index (χ2n) is 6.80. The maximum atomic E-state index is 12.3. The summed E-state index contributed by atoms with van der Waals surface area (Å²) < 4.78 is 5.09. The molecule has 0 aliphatic carbocycles. The molecule has 0 bridgehead atoms. The van der Waals surface area contributed by atoms with Crippen LogP contribution in [0.3, 0.4) is 0 Å². The summed E-state index contributed by atoms with van der Waals surface area (Å²) in [6.07, 6.45) is 2.17. The lowest BCUT2D eigenvalue weighted by Crippen LogP contribution is -2.45. The first-order valence-electron chi connectivity index (χ1n) is 9.02. The van der Waals surface area contributed by atoms with Gasteiger partial charge in [-0.3, -0.25) is 4.79 Å². The van der Waals surface area contributed by atoms with E-state index in [0.29, 0.717) is 5.75 Å². The molecule has 138 valence electrons. The summed E-state index contributed by atoms with van der Waals surface area (Å²) in [5, 5.41) is 12.8. The number of methoxy groups -OCH3 is 1. The molecule has 0 radical (unpaired) electrons. The average Bonchev–Trinajstić information content (AvgIpc) is 2.64. The van der Waals surface area contributed by atoms with E-state index in [2.05, 4.69) is 41.4 Å². The predicted octanol–water partition coefficient (Wildman–Crippen LogP) is 3.04. The molecule has 1 fully saturated rings. The van der Waals surface area contributed by atoms with Crippen LogP contribution in [0.2, 0.25) is 0 Å². The number of phenols is 1. The van der Waals surface area contributed by atoms with E-state index in [1.807, 2.05) is 0 Å². The van der Waals surface area contributed by atoms with Gasteiger partial charge in [-0.15, -0.1) is 0 Å². The quantitative estimate of drug-likeness (QED) is 0.866. The Morgan fingerprint density at radius 1 is 1.23 bits per heavy atom. The standard InChI is InChI=1S/C21H26N2O3/c1-15-5-3-4-6-18(15)23-11-9-17(10-12-23)22-21(25)14-16-7-8-19(24)20(13-16)26-2/h3-8,13,17,24H,9-12,14H2,1-2H3,(H,22,25). The van der Waals surface area contributed by atoms with Crippen molar-refractivity contribution in [3.8, 4) is 11.5 Å². The van der Waals surface area contributed by atoms with Crippen molar-refractivity contribution in [3.05, 3.63) is 53.6 Å². The van der Waals surface area contributed by atoms with Gasteiger partial charge in [-0.05, 0) is 49.1 Å². The normalized spacial score (nSPS) is 14.9. The number of carbonyl (C=O) groups is 1. The molecule has 5 heteroatoms. The first kappa shape index (κ1) is 18.1. The maximum Gasteiger partial charge on any atom is 0.224 e. The van der Waals surface area contributed by atoms with Gasteiger partial charge in [-0.2, -0.15) is 0 Å². The largest absolute Gasteiger partial charge is 0.504 e. The predicted molar refractivity (Wildman–Crippen MR) is 103 cm³/mol. The number of nitrogens with zero attached hydrogens (tertiary/aromatic N) is 1. The van der Waals surface area contributed by atoms with Crippen LogP contribution in [-0.2, 0) is 11.2 Å². The molecule has 3 rings (SSSR count). The van der Waals surface area contributed by atoms with E-state index in [0.717, 1.165) is 31.5 Å². The topological polar surface area (TPSA) is 61.8 Å². The zero-order chi connectivity index (χ0) is 18.5. The van der Waals surface area contributed by atoms with Crippen molar-refractivity contribution in [2.24, 2.45) is 0 Å². The molecule has 0 atom stereocenters. The Bertz CT molecular complexity index is 768. The van der Waals surface area contributed by atoms with Crippen LogP contribution in [0, 0.1) is 6.92 Å². The second-order valence-corrected chi connectivity index (χ2v) is 6.80. The molecule has 5 nitrogen and oxygen atoms in total. The van der Waals surface area contributed by atoms with Gasteiger partial charge in [-0.1, -0.05) is 24.3 Å². The number of amides is 1. The lowest BCUT2D eigenvalue weighted by molar-refractivity contribution is -0.121. The summed E-state index contributed by atoms with van der Waals surface area (Å²) in [6, 6.07) is 13.6. The molecule has 0 spiro atoms. The SMILES string of the molecule is COc1cc(CC(=O)NC2CCN(c3ccccc3C)CC2)ccc1O. The Morgan fingerprint density at radius 2 is 1.96 bits per heavy atom. The molecule has 1 aliphatic heterocycles. The molecular formula is C21H26N2O3. The van der Waals surface area contributed by atoms with Crippen LogP contribution < -0.4 is 15.0 Å². The number of rotatable bonds is 5. The van der Waals surface area contributed by atoms with Gasteiger partial charge in [-0.25, -0.2) is 0 Å². The summed E-state index contributed by atoms with van der Waals surface area (Å²) in [4.78, 5) is 14.7. The van der Waals surface area contributed by atoms with E-state index in [9.17, 15) is 9.90 Å². The summed E-state index contributed by atoms with van der Waals surface area (Å²) in [7, 11) is 1.50. The lowest BCUT2D eigenvalue weighted by atomic mass is 10.0. The van der Waals surface area contributed by atoms with Crippen molar-refractivity contribution < 1.29 is 14.6 Å². The number of hydrogen-bond acceptors (Lipinski definition) is 4. The Morgan fingerprint density at radius 3 is 2.65 bits per heavy atom. The van der Waals surface area contributed by atoms with E-state index in [-0.39, 0.29) is 24.1 Å². The zero-order valence-electron chi connectivity index (χ0n) is 15.4. The number of benzene rings is 2. The van der Waals surface area contributed by atoms with Crippen LogP contribution in [0.5, 0.6) is 11.5 Å². The van der Waals surface area contributed by atoms with Crippen LogP contribution >= 0.6 is 0 Å². The Labute approximate surface area is 154 Å². The Hall–Kier alpha value is -2.69. The fourth-order valence-electron chi connectivity index (χ4n) is 3.48. The molecule has 26 heavy (non-hydrogen) atoms. The third-order valence-corrected chi connectivity index (χ3v) is 4.93. The molecule has 2 aromatic carbocycles. The number of anilines is 1. The minimum Gasteiger partial charge on any atom is -0.504 e. The van der Waals surface area contributed by atoms with Gasteiger partial charge in [0, 0.05) is 24.8 Å². The van der Waals surface area contributed by atoms with E-state index < -0.39 is 0 Å². The molecule has 2 N–H and O–H groups in total. The Balaban J connectivity index is 1.51. The first-order chi connectivity index (χ1) is 12.6. The highest BCUT2D eigenvalue weighted by Crippen LogP contribution is 2.27. The number of phenolic OH excluding ortho intramolecular Hbond substituents is 1. The molecule has 0 saturated carbocycles. The van der Waals surface area contributed by atoms with Gasteiger partial charge in [0.15, 0.2) is 11.5 Å². The number of nitrogens with one attached hydrogen (secondary N) is 1. The highest BCUT2D eigenvalue weighted by atomic mass is 16.5. The fourth-order valence-corrected chi connectivity index (χ4v) is 3.48. The molecule has 1 heterocycles. The van der Waals surface area contributed by atoms with Crippen LogP contribution in [0.15, 0.2) is 42.5 Å². The Kier molecular flexibility index (Phi) is 5.66. The van der Waals surface area contributed by atoms with E-state index in [4.69, 9.17) is 4.74 Å². The van der Waals surface area contributed by atoms with Gasteiger partial charge < -0.3 is 20.1 Å². The molecule has 1 saturated heterocycles. The number of ether oxygens (including phenoxy) is 1.